The van der Waals surface area contributed by atoms with Crippen LogP contribution in [0.25, 0.3) is 0 Å². The Morgan fingerprint density at radius 1 is 0.975 bits per heavy atom. The summed E-state index contributed by atoms with van der Waals surface area (Å²) >= 11 is 0. The average Bonchev–Trinajstić information content (AvgIpc) is 3.56. The fourth-order valence-electron chi connectivity index (χ4n) is 7.48. The minimum absolute atomic E-state index is 0.0610. The Labute approximate surface area is 236 Å². The van der Waals surface area contributed by atoms with Crippen molar-refractivity contribution in [1.82, 2.24) is 10.6 Å². The molecule has 0 radical (unpaired) electrons. The highest BCUT2D eigenvalue weighted by molar-refractivity contribution is 5.98. The van der Waals surface area contributed by atoms with Crippen molar-refractivity contribution in [2.45, 2.75) is 102 Å². The topological polar surface area (TPSA) is 138 Å². The molecule has 216 valence electrons. The number of fused-ring (bicyclic) bond motifs is 2. The van der Waals surface area contributed by atoms with Gasteiger partial charge in [0.05, 0.1) is 35.7 Å². The third-order valence-corrected chi connectivity index (χ3v) is 9.98. The fourth-order valence-corrected chi connectivity index (χ4v) is 7.48. The Hall–Kier alpha value is -3.28. The van der Waals surface area contributed by atoms with E-state index in [1.807, 2.05) is 0 Å². The van der Waals surface area contributed by atoms with Crippen molar-refractivity contribution in [3.05, 3.63) is 23.3 Å². The normalized spacial score (nSPS) is 31.7. The maximum atomic E-state index is 13.7. The molecule has 9 nitrogen and oxygen atoms in total. The van der Waals surface area contributed by atoms with Gasteiger partial charge in [0, 0.05) is 18.2 Å². The summed E-state index contributed by atoms with van der Waals surface area (Å²) in [6, 6.07) is 5.19. The number of aliphatic carboxylic acids is 1. The summed E-state index contributed by atoms with van der Waals surface area (Å²) in [6.45, 7) is 1.75. The van der Waals surface area contributed by atoms with E-state index < -0.39 is 11.4 Å². The van der Waals surface area contributed by atoms with Gasteiger partial charge in [-0.05, 0) is 82.6 Å². The van der Waals surface area contributed by atoms with Crippen LogP contribution in [0.15, 0.2) is 12.1 Å². The maximum absolute atomic E-state index is 13.7. The molecule has 0 unspecified atom stereocenters. The summed E-state index contributed by atoms with van der Waals surface area (Å²) in [5.41, 5.74) is -0.259. The second-order valence-corrected chi connectivity index (χ2v) is 12.5. The van der Waals surface area contributed by atoms with Crippen LogP contribution in [0, 0.1) is 34.5 Å². The number of hydrogen-bond acceptors (Lipinski definition) is 6. The third-order valence-electron chi connectivity index (χ3n) is 9.98. The zero-order valence-electron chi connectivity index (χ0n) is 23.5. The summed E-state index contributed by atoms with van der Waals surface area (Å²) in [4.78, 5) is 38.7. The number of carbonyl (C=O) groups excluding carboxylic acids is 2. The Kier molecular flexibility index (Phi) is 8.25. The van der Waals surface area contributed by atoms with Crippen molar-refractivity contribution < 1.29 is 29.0 Å². The first-order valence-electron chi connectivity index (χ1n) is 14.9. The first kappa shape index (κ1) is 28.3. The van der Waals surface area contributed by atoms with E-state index in [1.54, 1.807) is 13.0 Å². The summed E-state index contributed by atoms with van der Waals surface area (Å²) in [5.74, 6) is -0.224. The van der Waals surface area contributed by atoms with E-state index in [1.165, 1.54) is 19.6 Å². The number of carboxylic acid groups (broad SMARTS) is 1. The highest BCUT2D eigenvalue weighted by Crippen LogP contribution is 2.49. The molecule has 4 fully saturated rings. The predicted molar refractivity (Wildman–Crippen MR) is 147 cm³/mol. The second kappa shape index (κ2) is 11.7. The molecule has 0 aromatic heterocycles. The van der Waals surface area contributed by atoms with Crippen LogP contribution in [0.3, 0.4) is 0 Å². The van der Waals surface area contributed by atoms with Crippen molar-refractivity contribution in [3.8, 4) is 17.6 Å². The number of carboxylic acids is 1. The molecule has 0 spiro atoms. The molecule has 3 N–H and O–H groups in total. The van der Waals surface area contributed by atoms with Crippen LogP contribution < -0.4 is 20.1 Å². The SMILES string of the molecule is COc1cc(C#N)c(OC2CCC(C)(C(=O)O)CC2)cc1C(=O)N[C@@H]1[C@H]2CC[C@H](C2)[C@@H]1C(=O)NC1CCCCC1. The fraction of sp³-hybridized carbons (Fsp3) is 0.677. The van der Waals surface area contributed by atoms with E-state index in [0.717, 1.165) is 44.9 Å². The molecule has 0 saturated heterocycles. The maximum Gasteiger partial charge on any atom is 0.309 e. The van der Waals surface area contributed by atoms with E-state index in [2.05, 4.69) is 16.7 Å². The lowest BCUT2D eigenvalue weighted by atomic mass is 9.75. The first-order valence-corrected chi connectivity index (χ1v) is 14.9. The standard InChI is InChI=1S/C31H41N3O6/c1-31(30(37)38)12-10-22(11-13-31)40-24-16-23(25(39-2)15-20(24)17-32)28(35)34-27-19-9-8-18(14-19)26(27)29(36)33-21-6-4-3-5-7-21/h15-16,18-19,21-22,26-27H,3-14H2,1-2H3,(H,33,36)(H,34,35)(H,37,38)/t18-,19+,22?,26+,27-,31?/m1/s1. The first-order chi connectivity index (χ1) is 19.2. The summed E-state index contributed by atoms with van der Waals surface area (Å²) in [5, 5.41) is 25.8. The van der Waals surface area contributed by atoms with Gasteiger partial charge in [0.2, 0.25) is 5.91 Å². The predicted octanol–water partition coefficient (Wildman–Crippen LogP) is 4.57. The Balaban J connectivity index is 1.32. The highest BCUT2D eigenvalue weighted by atomic mass is 16.5. The van der Waals surface area contributed by atoms with E-state index in [9.17, 15) is 24.8 Å². The number of rotatable bonds is 8. The van der Waals surface area contributed by atoms with E-state index in [4.69, 9.17) is 9.47 Å². The Bertz CT molecular complexity index is 1180. The third kappa shape index (κ3) is 5.63. The average molecular weight is 552 g/mol. The number of hydrogen-bond donors (Lipinski definition) is 3. The molecule has 0 heterocycles. The van der Waals surface area contributed by atoms with Gasteiger partial charge >= 0.3 is 5.97 Å². The molecule has 5 rings (SSSR count). The van der Waals surface area contributed by atoms with E-state index in [0.29, 0.717) is 25.7 Å². The molecule has 4 atom stereocenters. The minimum Gasteiger partial charge on any atom is -0.496 e. The molecule has 1 aromatic rings. The van der Waals surface area contributed by atoms with Crippen LogP contribution in [0.5, 0.6) is 11.5 Å². The summed E-state index contributed by atoms with van der Waals surface area (Å²) < 4.78 is 11.7. The van der Waals surface area contributed by atoms with Crippen LogP contribution in [0.1, 0.15) is 99.9 Å². The van der Waals surface area contributed by atoms with Crippen LogP contribution in [-0.4, -0.2) is 48.2 Å². The molecule has 4 aliphatic rings. The van der Waals surface area contributed by atoms with E-state index in [-0.39, 0.29) is 70.4 Å². The number of nitrogens with one attached hydrogen (secondary N) is 2. The van der Waals surface area contributed by atoms with Crippen molar-refractivity contribution in [1.29, 1.82) is 5.26 Å². The number of methoxy groups -OCH3 is 1. The quantitative estimate of drug-likeness (QED) is 0.430. The zero-order valence-corrected chi connectivity index (χ0v) is 23.5. The number of ether oxygens (including phenoxy) is 2. The van der Waals surface area contributed by atoms with Crippen molar-refractivity contribution in [2.75, 3.05) is 7.11 Å². The number of nitriles is 1. The van der Waals surface area contributed by atoms with Gasteiger partial charge in [0.25, 0.3) is 5.91 Å². The minimum atomic E-state index is -0.807. The lowest BCUT2D eigenvalue weighted by molar-refractivity contribution is -0.150. The Morgan fingerprint density at radius 3 is 2.33 bits per heavy atom. The molecule has 9 heteroatoms. The zero-order chi connectivity index (χ0) is 28.4. The number of nitrogens with zero attached hydrogens (tertiary/aromatic N) is 1. The van der Waals surface area contributed by atoms with Crippen LogP contribution in [-0.2, 0) is 9.59 Å². The van der Waals surface area contributed by atoms with Gasteiger partial charge in [-0.15, -0.1) is 0 Å². The van der Waals surface area contributed by atoms with Gasteiger partial charge in [-0.1, -0.05) is 19.3 Å². The van der Waals surface area contributed by atoms with Gasteiger partial charge in [-0.3, -0.25) is 14.4 Å². The second-order valence-electron chi connectivity index (χ2n) is 12.5. The van der Waals surface area contributed by atoms with Crippen molar-refractivity contribution in [3.63, 3.8) is 0 Å². The molecular formula is C31H41N3O6. The molecular weight excluding hydrogens is 510 g/mol. The lowest BCUT2D eigenvalue weighted by Crippen LogP contribution is -2.51. The monoisotopic (exact) mass is 551 g/mol. The Morgan fingerprint density at radius 2 is 1.68 bits per heavy atom. The van der Waals surface area contributed by atoms with Gasteiger partial charge in [-0.2, -0.15) is 5.26 Å². The van der Waals surface area contributed by atoms with Gasteiger partial charge in [0.15, 0.2) is 0 Å². The number of benzene rings is 1. The van der Waals surface area contributed by atoms with Crippen molar-refractivity contribution in [2.24, 2.45) is 23.2 Å². The molecule has 2 bridgehead atoms. The molecule has 1 aromatic carbocycles. The van der Waals surface area contributed by atoms with Crippen LogP contribution in [0.4, 0.5) is 0 Å². The largest absolute Gasteiger partial charge is 0.496 e. The molecule has 4 aliphatic carbocycles. The molecule has 40 heavy (non-hydrogen) atoms. The molecule has 0 aliphatic heterocycles. The van der Waals surface area contributed by atoms with Gasteiger partial charge in [-0.25, -0.2) is 0 Å². The van der Waals surface area contributed by atoms with Crippen molar-refractivity contribution >= 4 is 17.8 Å². The summed E-state index contributed by atoms with van der Waals surface area (Å²) in [6.07, 6.45) is 10.3. The summed E-state index contributed by atoms with van der Waals surface area (Å²) in [7, 11) is 1.46. The van der Waals surface area contributed by atoms with Crippen LogP contribution in [0.2, 0.25) is 0 Å². The highest BCUT2D eigenvalue weighted by Gasteiger charge is 2.51. The van der Waals surface area contributed by atoms with Gasteiger partial charge in [0.1, 0.15) is 17.6 Å². The molecule has 4 saturated carbocycles. The smallest absolute Gasteiger partial charge is 0.309 e. The number of carbonyl (C=O) groups is 3. The van der Waals surface area contributed by atoms with Crippen LogP contribution >= 0.6 is 0 Å². The lowest BCUT2D eigenvalue weighted by Gasteiger charge is -2.34. The number of amides is 2. The van der Waals surface area contributed by atoms with E-state index >= 15 is 0 Å². The van der Waals surface area contributed by atoms with Gasteiger partial charge < -0.3 is 25.2 Å². The molecule has 2 amide bonds.